The number of alkyl halides is 3. The molecular weight excluding hydrogens is 437 g/mol. The number of morpholine rings is 1. The predicted molar refractivity (Wildman–Crippen MR) is 107 cm³/mol. The highest BCUT2D eigenvalue weighted by Crippen LogP contribution is 2.32. The molecule has 0 bridgehead atoms. The van der Waals surface area contributed by atoms with Gasteiger partial charge in [0.1, 0.15) is 0 Å². The Morgan fingerprint density at radius 1 is 1.13 bits per heavy atom. The van der Waals surface area contributed by atoms with E-state index in [1.54, 1.807) is 11.3 Å². The van der Waals surface area contributed by atoms with E-state index in [0.717, 1.165) is 64.1 Å². The third kappa shape index (κ3) is 6.41. The Morgan fingerprint density at radius 2 is 1.77 bits per heavy atom. The largest absolute Gasteiger partial charge is 0.490 e. The van der Waals surface area contributed by atoms with E-state index in [1.165, 1.54) is 0 Å². The van der Waals surface area contributed by atoms with Crippen LogP contribution in [-0.2, 0) is 14.3 Å². The lowest BCUT2D eigenvalue weighted by molar-refractivity contribution is -0.192. The fourth-order valence-corrected chi connectivity index (χ4v) is 4.87. The minimum atomic E-state index is -5.08. The maximum absolute atomic E-state index is 12.7. The van der Waals surface area contributed by atoms with Crippen molar-refractivity contribution in [2.45, 2.75) is 43.5 Å². The number of piperidine rings is 1. The molecule has 0 unspecified atom stereocenters. The molecule has 1 aromatic heterocycles. The number of carboxylic acids is 1. The number of likely N-dealkylation sites (tertiary alicyclic amines) is 1. The number of halogens is 3. The Labute approximate surface area is 182 Å². The lowest BCUT2D eigenvalue weighted by atomic mass is 9.87. The number of thiophene rings is 1. The fourth-order valence-electron chi connectivity index (χ4n) is 4.24. The highest BCUT2D eigenvalue weighted by Gasteiger charge is 2.42. The van der Waals surface area contributed by atoms with Crippen molar-refractivity contribution in [1.29, 1.82) is 0 Å². The molecule has 4 rings (SSSR count). The summed E-state index contributed by atoms with van der Waals surface area (Å²) in [4.78, 5) is 26.2. The second-order valence-electron chi connectivity index (χ2n) is 7.95. The van der Waals surface area contributed by atoms with Crippen LogP contribution < -0.4 is 0 Å². The van der Waals surface area contributed by atoms with Gasteiger partial charge in [0.2, 0.25) is 0 Å². The second-order valence-corrected chi connectivity index (χ2v) is 8.73. The van der Waals surface area contributed by atoms with Crippen LogP contribution in [0.15, 0.2) is 16.8 Å². The van der Waals surface area contributed by atoms with Crippen LogP contribution in [-0.4, -0.2) is 90.6 Å². The number of carbonyl (C=O) groups excluding carboxylic acids is 1. The SMILES string of the molecule is O=C(O)C(F)(F)F.O=C(c1ccsc1)N1CCOC2(CCN(C3CCOCC3)CC2)C1. The van der Waals surface area contributed by atoms with Gasteiger partial charge >= 0.3 is 12.1 Å². The van der Waals surface area contributed by atoms with Crippen molar-refractivity contribution >= 4 is 23.2 Å². The van der Waals surface area contributed by atoms with Gasteiger partial charge in [-0.3, -0.25) is 9.69 Å². The molecule has 3 fully saturated rings. The van der Waals surface area contributed by atoms with Crippen molar-refractivity contribution in [3.05, 3.63) is 22.4 Å². The fraction of sp³-hybridized carbons (Fsp3) is 0.700. The highest BCUT2D eigenvalue weighted by atomic mass is 32.1. The number of rotatable bonds is 2. The quantitative estimate of drug-likeness (QED) is 0.725. The molecule has 3 aliphatic rings. The van der Waals surface area contributed by atoms with Crippen molar-refractivity contribution in [2.24, 2.45) is 0 Å². The Bertz CT molecular complexity index is 730. The Morgan fingerprint density at radius 3 is 2.32 bits per heavy atom. The number of hydrogen-bond donors (Lipinski definition) is 1. The van der Waals surface area contributed by atoms with Crippen LogP contribution in [0.1, 0.15) is 36.0 Å². The zero-order chi connectivity index (χ0) is 22.5. The highest BCUT2D eigenvalue weighted by molar-refractivity contribution is 7.08. The van der Waals surface area contributed by atoms with E-state index >= 15 is 0 Å². The molecule has 0 saturated carbocycles. The van der Waals surface area contributed by atoms with Crippen LogP contribution >= 0.6 is 11.3 Å². The summed E-state index contributed by atoms with van der Waals surface area (Å²) < 4.78 is 43.4. The zero-order valence-electron chi connectivity index (χ0n) is 17.1. The van der Waals surface area contributed by atoms with Gasteiger partial charge in [-0.05, 0) is 37.1 Å². The minimum absolute atomic E-state index is 0.133. The van der Waals surface area contributed by atoms with E-state index in [2.05, 4.69) is 4.90 Å². The van der Waals surface area contributed by atoms with E-state index in [0.29, 0.717) is 19.2 Å². The summed E-state index contributed by atoms with van der Waals surface area (Å²) >= 11 is 1.58. The van der Waals surface area contributed by atoms with Gasteiger partial charge in [-0.1, -0.05) is 0 Å². The standard InChI is InChI=1S/C18H26N2O3S.C2HF3O2/c21-17(15-3-12-24-13-15)20-8-11-23-18(14-20)4-6-19(7-5-18)16-1-9-22-10-2-16;3-2(4,5)1(6)7/h3,12-13,16H,1-2,4-11,14H2;(H,6,7). The predicted octanol–water partition coefficient (Wildman–Crippen LogP) is 2.87. The number of carboxylic acid groups (broad SMARTS) is 1. The molecule has 174 valence electrons. The zero-order valence-corrected chi connectivity index (χ0v) is 17.9. The number of nitrogens with zero attached hydrogens (tertiary/aromatic N) is 2. The Kier molecular flexibility index (Phi) is 7.95. The lowest BCUT2D eigenvalue weighted by Gasteiger charge is -2.49. The summed E-state index contributed by atoms with van der Waals surface area (Å²) in [7, 11) is 0. The average Bonchev–Trinajstić information content (AvgIpc) is 3.29. The van der Waals surface area contributed by atoms with Crippen molar-refractivity contribution < 1.29 is 37.3 Å². The van der Waals surface area contributed by atoms with E-state index in [4.69, 9.17) is 19.4 Å². The Balaban J connectivity index is 0.000000339. The first-order chi connectivity index (χ1) is 14.7. The maximum atomic E-state index is 12.7. The number of carbonyl (C=O) groups is 2. The van der Waals surface area contributed by atoms with Crippen molar-refractivity contribution in [3.8, 4) is 0 Å². The summed E-state index contributed by atoms with van der Waals surface area (Å²) in [5, 5.41) is 11.0. The van der Waals surface area contributed by atoms with Crippen LogP contribution in [0.3, 0.4) is 0 Å². The molecule has 7 nitrogen and oxygen atoms in total. The molecular formula is C20H27F3N2O5S. The molecule has 3 aliphatic heterocycles. The lowest BCUT2D eigenvalue weighted by Crippen LogP contribution is -2.59. The van der Waals surface area contributed by atoms with Crippen LogP contribution in [0, 0.1) is 0 Å². The minimum Gasteiger partial charge on any atom is -0.475 e. The Hall–Kier alpha value is -1.69. The third-order valence-corrected chi connectivity index (χ3v) is 6.65. The van der Waals surface area contributed by atoms with Gasteiger partial charge in [0.25, 0.3) is 5.91 Å². The normalized spacial score (nSPS) is 22.6. The monoisotopic (exact) mass is 464 g/mol. The van der Waals surface area contributed by atoms with Gasteiger partial charge in [-0.25, -0.2) is 4.79 Å². The molecule has 0 aliphatic carbocycles. The van der Waals surface area contributed by atoms with Crippen molar-refractivity contribution in [2.75, 3.05) is 46.0 Å². The summed E-state index contributed by atoms with van der Waals surface area (Å²) in [5.74, 6) is -2.60. The molecule has 3 saturated heterocycles. The smallest absolute Gasteiger partial charge is 0.475 e. The summed E-state index contributed by atoms with van der Waals surface area (Å²) in [6.45, 7) is 6.05. The first-order valence-electron chi connectivity index (χ1n) is 10.3. The molecule has 1 amide bonds. The molecule has 31 heavy (non-hydrogen) atoms. The number of aliphatic carboxylic acids is 1. The van der Waals surface area contributed by atoms with Crippen LogP contribution in [0.25, 0.3) is 0 Å². The third-order valence-electron chi connectivity index (χ3n) is 5.96. The van der Waals surface area contributed by atoms with Gasteiger partial charge < -0.3 is 19.5 Å². The van der Waals surface area contributed by atoms with E-state index < -0.39 is 12.1 Å². The van der Waals surface area contributed by atoms with Gasteiger partial charge in [-0.15, -0.1) is 0 Å². The van der Waals surface area contributed by atoms with Crippen LogP contribution in [0.2, 0.25) is 0 Å². The molecule has 4 heterocycles. The first-order valence-corrected chi connectivity index (χ1v) is 11.2. The number of amides is 1. The molecule has 11 heteroatoms. The molecule has 1 spiro atoms. The summed E-state index contributed by atoms with van der Waals surface area (Å²) in [5.41, 5.74) is 0.683. The molecule has 0 atom stereocenters. The molecule has 1 N–H and O–H groups in total. The van der Waals surface area contributed by atoms with Crippen molar-refractivity contribution in [1.82, 2.24) is 9.80 Å². The number of hydrogen-bond acceptors (Lipinski definition) is 6. The second kappa shape index (κ2) is 10.3. The number of ether oxygens (including phenoxy) is 2. The van der Waals surface area contributed by atoms with Crippen LogP contribution in [0.4, 0.5) is 13.2 Å². The topological polar surface area (TPSA) is 79.3 Å². The first kappa shape index (κ1) is 24.0. The van der Waals surface area contributed by atoms with Gasteiger partial charge in [0.05, 0.1) is 24.3 Å². The van der Waals surface area contributed by atoms with Gasteiger partial charge in [0.15, 0.2) is 0 Å². The van der Waals surface area contributed by atoms with E-state index in [-0.39, 0.29) is 11.5 Å². The molecule has 1 aromatic rings. The average molecular weight is 465 g/mol. The van der Waals surface area contributed by atoms with E-state index in [1.807, 2.05) is 21.7 Å². The van der Waals surface area contributed by atoms with Crippen LogP contribution in [0.5, 0.6) is 0 Å². The molecule has 0 aromatic carbocycles. The van der Waals surface area contributed by atoms with Crippen molar-refractivity contribution in [3.63, 3.8) is 0 Å². The molecule has 0 radical (unpaired) electrons. The summed E-state index contributed by atoms with van der Waals surface area (Å²) in [6, 6.07) is 2.59. The van der Waals surface area contributed by atoms with Gasteiger partial charge in [-0.2, -0.15) is 24.5 Å². The summed E-state index contributed by atoms with van der Waals surface area (Å²) in [6.07, 6.45) is -0.733. The van der Waals surface area contributed by atoms with E-state index in [9.17, 15) is 18.0 Å². The maximum Gasteiger partial charge on any atom is 0.490 e. The van der Waals surface area contributed by atoms with Gasteiger partial charge in [0, 0.05) is 44.3 Å².